The van der Waals surface area contributed by atoms with Gasteiger partial charge in [0.1, 0.15) is 23.6 Å². The number of nitrogens with one attached hydrogen (secondary N) is 2. The number of pyridine rings is 1. The zero-order chi connectivity index (χ0) is 26.2. The molecule has 0 unspecified atom stereocenters. The summed E-state index contributed by atoms with van der Waals surface area (Å²) in [7, 11) is 0. The van der Waals surface area contributed by atoms with E-state index in [4.69, 9.17) is 16.3 Å². The van der Waals surface area contributed by atoms with Gasteiger partial charge in [0.25, 0.3) is 0 Å². The van der Waals surface area contributed by atoms with Crippen LogP contribution in [0.2, 0.25) is 5.02 Å². The highest BCUT2D eigenvalue weighted by molar-refractivity contribution is 6.32. The van der Waals surface area contributed by atoms with Crippen LogP contribution >= 0.6 is 11.6 Å². The lowest BCUT2D eigenvalue weighted by Gasteiger charge is -2.18. The zero-order valence-corrected chi connectivity index (χ0v) is 21.6. The first kappa shape index (κ1) is 25.7. The molecule has 0 aliphatic heterocycles. The SMILES string of the molecule is CCN(CC)C(=O)NCC#Cc1ccc2ncnc(Nc3ccc(Oc4ccc(C)nc4)c(Cl)c3)c2c1. The Labute approximate surface area is 221 Å². The monoisotopic (exact) mass is 514 g/mol. The van der Waals surface area contributed by atoms with Crippen LogP contribution in [-0.2, 0) is 0 Å². The minimum atomic E-state index is -0.122. The topological polar surface area (TPSA) is 92.3 Å². The van der Waals surface area contributed by atoms with E-state index in [2.05, 4.69) is 37.4 Å². The van der Waals surface area contributed by atoms with Crippen molar-refractivity contribution in [1.82, 2.24) is 25.2 Å². The predicted molar refractivity (Wildman–Crippen MR) is 147 cm³/mol. The Hall–Kier alpha value is -4.35. The number of amides is 2. The van der Waals surface area contributed by atoms with Crippen LogP contribution < -0.4 is 15.4 Å². The third-order valence-corrected chi connectivity index (χ3v) is 5.85. The molecule has 0 saturated heterocycles. The van der Waals surface area contributed by atoms with Gasteiger partial charge >= 0.3 is 6.03 Å². The summed E-state index contributed by atoms with van der Waals surface area (Å²) in [5.74, 6) is 7.85. The number of hydrogen-bond donors (Lipinski definition) is 2. The van der Waals surface area contributed by atoms with Crippen molar-refractivity contribution in [3.8, 4) is 23.3 Å². The van der Waals surface area contributed by atoms with E-state index in [0.717, 1.165) is 27.8 Å². The average Bonchev–Trinajstić information content (AvgIpc) is 2.90. The smallest absolute Gasteiger partial charge is 0.318 e. The van der Waals surface area contributed by atoms with Gasteiger partial charge in [0, 0.05) is 35.4 Å². The molecule has 37 heavy (non-hydrogen) atoms. The third-order valence-electron chi connectivity index (χ3n) is 5.55. The van der Waals surface area contributed by atoms with E-state index in [-0.39, 0.29) is 12.6 Å². The summed E-state index contributed by atoms with van der Waals surface area (Å²) >= 11 is 6.48. The van der Waals surface area contributed by atoms with Crippen LogP contribution in [-0.4, -0.2) is 45.5 Å². The Bertz CT molecular complexity index is 1460. The molecule has 4 rings (SSSR count). The molecule has 4 aromatic rings. The van der Waals surface area contributed by atoms with Crippen LogP contribution in [0.4, 0.5) is 16.3 Å². The highest BCUT2D eigenvalue weighted by Crippen LogP contribution is 2.33. The molecular formula is C28H27ClN6O2. The number of fused-ring (bicyclic) bond motifs is 1. The highest BCUT2D eigenvalue weighted by Gasteiger charge is 2.09. The number of benzene rings is 2. The molecule has 2 aromatic heterocycles. The summed E-state index contributed by atoms with van der Waals surface area (Å²) < 4.78 is 5.85. The molecule has 0 radical (unpaired) electrons. The second-order valence-corrected chi connectivity index (χ2v) is 8.50. The van der Waals surface area contributed by atoms with E-state index in [1.165, 1.54) is 6.33 Å². The molecular weight excluding hydrogens is 488 g/mol. The quantitative estimate of drug-likeness (QED) is 0.297. The second-order valence-electron chi connectivity index (χ2n) is 8.09. The maximum atomic E-state index is 12.1. The molecule has 0 spiro atoms. The number of aryl methyl sites for hydroxylation is 1. The standard InChI is InChI=1S/C28H27ClN6O2/c1-4-35(5-2)28(36)30-14-6-7-20-9-12-25-23(15-20)27(33-18-32-25)34-21-10-13-26(24(29)16-21)37-22-11-8-19(3)31-17-22/h8-13,15-18H,4-5,14H2,1-3H3,(H,30,36)(H,32,33,34). The number of nitrogens with zero attached hydrogens (tertiary/aromatic N) is 4. The number of urea groups is 1. The molecule has 0 atom stereocenters. The van der Waals surface area contributed by atoms with Gasteiger partial charge in [0.15, 0.2) is 0 Å². The number of carbonyl (C=O) groups is 1. The molecule has 9 heteroatoms. The summed E-state index contributed by atoms with van der Waals surface area (Å²) in [4.78, 5) is 26.8. The minimum Gasteiger partial charge on any atom is -0.454 e. The molecule has 2 N–H and O–H groups in total. The van der Waals surface area contributed by atoms with Crippen molar-refractivity contribution in [3.05, 3.63) is 77.3 Å². The van der Waals surface area contributed by atoms with Crippen LogP contribution in [0.3, 0.4) is 0 Å². The van der Waals surface area contributed by atoms with Gasteiger partial charge in [0.2, 0.25) is 0 Å². The molecule has 8 nitrogen and oxygen atoms in total. The third kappa shape index (κ3) is 6.66. The van der Waals surface area contributed by atoms with Crippen LogP contribution in [0.15, 0.2) is 61.1 Å². The fraction of sp³-hybridized carbons (Fsp3) is 0.214. The van der Waals surface area contributed by atoms with Gasteiger partial charge in [-0.1, -0.05) is 23.4 Å². The Morgan fingerprint density at radius 2 is 1.89 bits per heavy atom. The summed E-state index contributed by atoms with van der Waals surface area (Å²) in [6.45, 7) is 7.36. The van der Waals surface area contributed by atoms with Crippen LogP contribution in [0.25, 0.3) is 10.9 Å². The van der Waals surface area contributed by atoms with Crippen molar-refractivity contribution >= 4 is 40.0 Å². The Morgan fingerprint density at radius 3 is 2.62 bits per heavy atom. The van der Waals surface area contributed by atoms with Gasteiger partial charge in [-0.2, -0.15) is 0 Å². The summed E-state index contributed by atoms with van der Waals surface area (Å²) in [6, 6.07) is 14.7. The van der Waals surface area contributed by atoms with E-state index in [0.29, 0.717) is 35.4 Å². The first-order valence-corrected chi connectivity index (χ1v) is 12.3. The van der Waals surface area contributed by atoms with Gasteiger partial charge in [-0.15, -0.1) is 0 Å². The molecule has 2 heterocycles. The number of anilines is 2. The fourth-order valence-corrected chi connectivity index (χ4v) is 3.78. The lowest BCUT2D eigenvalue weighted by molar-refractivity contribution is 0.204. The zero-order valence-electron chi connectivity index (χ0n) is 20.9. The van der Waals surface area contributed by atoms with Crippen LogP contribution in [0, 0.1) is 18.8 Å². The van der Waals surface area contributed by atoms with Gasteiger partial charge in [-0.25, -0.2) is 14.8 Å². The summed E-state index contributed by atoms with van der Waals surface area (Å²) in [6.07, 6.45) is 3.16. The molecule has 0 aliphatic rings. The van der Waals surface area contributed by atoms with E-state index in [9.17, 15) is 4.79 Å². The Balaban J connectivity index is 1.48. The predicted octanol–water partition coefficient (Wildman–Crippen LogP) is 5.93. The fourth-order valence-electron chi connectivity index (χ4n) is 3.56. The molecule has 188 valence electrons. The number of halogens is 1. The van der Waals surface area contributed by atoms with Crippen molar-refractivity contribution in [1.29, 1.82) is 0 Å². The van der Waals surface area contributed by atoms with E-state index < -0.39 is 0 Å². The number of rotatable bonds is 7. The second kappa shape index (κ2) is 12.1. The van der Waals surface area contributed by atoms with Gasteiger partial charge in [-0.05, 0) is 69.3 Å². The van der Waals surface area contributed by atoms with Crippen LogP contribution in [0.5, 0.6) is 11.5 Å². The molecule has 0 aliphatic carbocycles. The van der Waals surface area contributed by atoms with E-state index in [1.54, 1.807) is 23.2 Å². The first-order valence-electron chi connectivity index (χ1n) is 11.9. The number of carbonyl (C=O) groups excluding carboxylic acids is 1. The average molecular weight is 515 g/mol. The lowest BCUT2D eigenvalue weighted by Crippen LogP contribution is -2.39. The summed E-state index contributed by atoms with van der Waals surface area (Å²) in [5.41, 5.74) is 3.22. The lowest BCUT2D eigenvalue weighted by atomic mass is 10.1. The molecule has 2 amide bonds. The number of aromatic nitrogens is 3. The maximum Gasteiger partial charge on any atom is 0.318 e. The Kier molecular flexibility index (Phi) is 8.39. The normalized spacial score (nSPS) is 10.4. The molecule has 2 aromatic carbocycles. The summed E-state index contributed by atoms with van der Waals surface area (Å²) in [5, 5.41) is 7.38. The van der Waals surface area contributed by atoms with Gasteiger partial charge in [0.05, 0.1) is 23.3 Å². The van der Waals surface area contributed by atoms with Crippen molar-refractivity contribution in [2.75, 3.05) is 25.0 Å². The Morgan fingerprint density at radius 1 is 1.05 bits per heavy atom. The van der Waals surface area contributed by atoms with Crippen LogP contribution in [0.1, 0.15) is 25.1 Å². The van der Waals surface area contributed by atoms with Crippen molar-refractivity contribution < 1.29 is 9.53 Å². The van der Waals surface area contributed by atoms with E-state index in [1.807, 2.05) is 57.2 Å². The molecule has 0 saturated carbocycles. The van der Waals surface area contributed by atoms with Gasteiger partial charge < -0.3 is 20.3 Å². The van der Waals surface area contributed by atoms with Gasteiger partial charge in [-0.3, -0.25) is 4.98 Å². The first-order chi connectivity index (χ1) is 18.0. The van der Waals surface area contributed by atoms with Crippen molar-refractivity contribution in [3.63, 3.8) is 0 Å². The molecule has 0 fully saturated rings. The van der Waals surface area contributed by atoms with Crippen molar-refractivity contribution in [2.24, 2.45) is 0 Å². The molecule has 0 bridgehead atoms. The highest BCUT2D eigenvalue weighted by atomic mass is 35.5. The number of ether oxygens (including phenoxy) is 1. The minimum absolute atomic E-state index is 0.122. The largest absolute Gasteiger partial charge is 0.454 e. The van der Waals surface area contributed by atoms with Crippen molar-refractivity contribution in [2.45, 2.75) is 20.8 Å². The maximum absolute atomic E-state index is 12.1. The number of hydrogen-bond acceptors (Lipinski definition) is 6. The van der Waals surface area contributed by atoms with E-state index >= 15 is 0 Å².